The van der Waals surface area contributed by atoms with Gasteiger partial charge in [-0.2, -0.15) is 0 Å². The molecular formula is C15H25NO2. The van der Waals surface area contributed by atoms with Crippen LogP contribution in [0.3, 0.4) is 0 Å². The fourth-order valence-corrected chi connectivity index (χ4v) is 1.53. The molecular weight excluding hydrogens is 226 g/mol. The third kappa shape index (κ3) is 5.92. The second-order valence-corrected chi connectivity index (χ2v) is 5.47. The summed E-state index contributed by atoms with van der Waals surface area (Å²) in [6.07, 6.45) is 0.126. The highest BCUT2D eigenvalue weighted by Crippen LogP contribution is 2.20. The molecule has 0 heterocycles. The van der Waals surface area contributed by atoms with Crippen molar-refractivity contribution >= 4 is 0 Å². The molecule has 0 bridgehead atoms. The highest BCUT2D eigenvalue weighted by Gasteiger charge is 2.12. The van der Waals surface area contributed by atoms with E-state index >= 15 is 0 Å². The Hall–Kier alpha value is -1.22. The molecule has 0 spiro atoms. The molecule has 1 aromatic carbocycles. The Kier molecular flexibility index (Phi) is 5.48. The minimum Gasteiger partial charge on any atom is -0.494 e. The molecule has 0 saturated carbocycles. The molecule has 18 heavy (non-hydrogen) atoms. The Bertz CT molecular complexity index is 358. The lowest BCUT2D eigenvalue weighted by molar-refractivity contribution is 0.202. The molecule has 0 fully saturated rings. The lowest BCUT2D eigenvalue weighted by atomic mass is 10.1. The van der Waals surface area contributed by atoms with E-state index in [0.29, 0.717) is 6.61 Å². The van der Waals surface area contributed by atoms with Gasteiger partial charge < -0.3 is 14.8 Å². The van der Waals surface area contributed by atoms with Gasteiger partial charge in [0.1, 0.15) is 17.6 Å². The van der Waals surface area contributed by atoms with E-state index in [4.69, 9.17) is 9.47 Å². The maximum atomic E-state index is 5.85. The van der Waals surface area contributed by atoms with Crippen molar-refractivity contribution in [3.8, 4) is 11.5 Å². The van der Waals surface area contributed by atoms with Crippen LogP contribution in [0.5, 0.6) is 11.5 Å². The van der Waals surface area contributed by atoms with Crippen molar-refractivity contribution in [1.82, 2.24) is 5.32 Å². The van der Waals surface area contributed by atoms with E-state index < -0.39 is 0 Å². The zero-order chi connectivity index (χ0) is 13.6. The second-order valence-electron chi connectivity index (χ2n) is 5.47. The average molecular weight is 251 g/mol. The number of hydrogen-bond acceptors (Lipinski definition) is 3. The summed E-state index contributed by atoms with van der Waals surface area (Å²) in [7, 11) is 0. The Morgan fingerprint density at radius 1 is 1.22 bits per heavy atom. The number of ether oxygens (including phenoxy) is 2. The zero-order valence-electron chi connectivity index (χ0n) is 12.1. The van der Waals surface area contributed by atoms with Crippen LogP contribution < -0.4 is 14.8 Å². The van der Waals surface area contributed by atoms with Gasteiger partial charge in [-0.1, -0.05) is 6.07 Å². The van der Waals surface area contributed by atoms with E-state index in [2.05, 4.69) is 33.0 Å². The first-order valence-corrected chi connectivity index (χ1v) is 6.55. The van der Waals surface area contributed by atoms with Crippen molar-refractivity contribution in [3.05, 3.63) is 24.3 Å². The van der Waals surface area contributed by atoms with Gasteiger partial charge in [0.15, 0.2) is 0 Å². The van der Waals surface area contributed by atoms with E-state index in [-0.39, 0.29) is 11.6 Å². The van der Waals surface area contributed by atoms with E-state index in [1.165, 1.54) is 0 Å². The second kappa shape index (κ2) is 6.64. The van der Waals surface area contributed by atoms with Crippen molar-refractivity contribution in [2.75, 3.05) is 13.2 Å². The molecule has 1 unspecified atom stereocenters. The van der Waals surface area contributed by atoms with Crippen molar-refractivity contribution in [1.29, 1.82) is 0 Å². The van der Waals surface area contributed by atoms with Crippen LogP contribution in [0.1, 0.15) is 34.6 Å². The van der Waals surface area contributed by atoms with Gasteiger partial charge in [-0.25, -0.2) is 0 Å². The van der Waals surface area contributed by atoms with Crippen LogP contribution in [-0.2, 0) is 0 Å². The zero-order valence-corrected chi connectivity index (χ0v) is 12.1. The summed E-state index contributed by atoms with van der Waals surface area (Å²) in [6.45, 7) is 12.0. The molecule has 0 aliphatic heterocycles. The minimum absolute atomic E-state index is 0.116. The fourth-order valence-electron chi connectivity index (χ4n) is 1.53. The molecule has 1 aromatic rings. The number of hydrogen-bond donors (Lipinski definition) is 1. The molecule has 3 heteroatoms. The van der Waals surface area contributed by atoms with Crippen molar-refractivity contribution in [2.45, 2.75) is 46.3 Å². The molecule has 0 saturated heterocycles. The summed E-state index contributed by atoms with van der Waals surface area (Å²) in [4.78, 5) is 0. The lowest BCUT2D eigenvalue weighted by Gasteiger charge is -2.24. The minimum atomic E-state index is 0.116. The quantitative estimate of drug-likeness (QED) is 0.842. The fraction of sp³-hybridized carbons (Fsp3) is 0.600. The molecule has 0 aromatic heterocycles. The third-order valence-corrected chi connectivity index (χ3v) is 2.37. The van der Waals surface area contributed by atoms with Gasteiger partial charge >= 0.3 is 0 Å². The van der Waals surface area contributed by atoms with E-state index in [1.54, 1.807) is 0 Å². The van der Waals surface area contributed by atoms with Crippen molar-refractivity contribution < 1.29 is 9.47 Å². The number of nitrogens with one attached hydrogen (secondary N) is 1. The molecule has 1 atom stereocenters. The predicted octanol–water partition coefficient (Wildman–Crippen LogP) is 3.24. The van der Waals surface area contributed by atoms with Gasteiger partial charge in [-0.05, 0) is 46.8 Å². The standard InChI is InChI=1S/C15H25NO2/c1-6-17-13-8-7-9-14(10-13)18-12(2)11-16-15(3,4)5/h7-10,12,16H,6,11H2,1-5H3. The summed E-state index contributed by atoms with van der Waals surface area (Å²) >= 11 is 0. The topological polar surface area (TPSA) is 30.5 Å². The summed E-state index contributed by atoms with van der Waals surface area (Å²) in [6, 6.07) is 7.77. The Labute approximate surface area is 110 Å². The first kappa shape index (κ1) is 14.8. The molecule has 1 N–H and O–H groups in total. The first-order valence-electron chi connectivity index (χ1n) is 6.55. The normalized spacial score (nSPS) is 13.2. The first-order chi connectivity index (χ1) is 8.40. The van der Waals surface area contributed by atoms with E-state index in [9.17, 15) is 0 Å². The third-order valence-electron chi connectivity index (χ3n) is 2.37. The van der Waals surface area contributed by atoms with Gasteiger partial charge in [0.2, 0.25) is 0 Å². The van der Waals surface area contributed by atoms with Crippen LogP contribution in [0.2, 0.25) is 0 Å². The van der Waals surface area contributed by atoms with Crippen molar-refractivity contribution in [2.24, 2.45) is 0 Å². The monoisotopic (exact) mass is 251 g/mol. The largest absolute Gasteiger partial charge is 0.494 e. The van der Waals surface area contributed by atoms with Crippen LogP contribution >= 0.6 is 0 Å². The summed E-state index contributed by atoms with van der Waals surface area (Å²) < 4.78 is 11.3. The molecule has 0 aliphatic rings. The SMILES string of the molecule is CCOc1cccc(OC(C)CNC(C)(C)C)c1. The summed E-state index contributed by atoms with van der Waals surface area (Å²) in [5, 5.41) is 3.43. The van der Waals surface area contributed by atoms with Crippen LogP contribution in [-0.4, -0.2) is 24.8 Å². The van der Waals surface area contributed by atoms with Crippen molar-refractivity contribution in [3.63, 3.8) is 0 Å². The highest BCUT2D eigenvalue weighted by molar-refractivity contribution is 5.33. The van der Waals surface area contributed by atoms with Gasteiger partial charge in [-0.15, -0.1) is 0 Å². The van der Waals surface area contributed by atoms with E-state index in [0.717, 1.165) is 18.0 Å². The predicted molar refractivity (Wildman–Crippen MR) is 75.5 cm³/mol. The van der Waals surface area contributed by atoms with Gasteiger partial charge in [0.25, 0.3) is 0 Å². The average Bonchev–Trinajstić information content (AvgIpc) is 2.26. The Morgan fingerprint density at radius 2 is 1.89 bits per heavy atom. The summed E-state index contributed by atoms with van der Waals surface area (Å²) in [5.74, 6) is 1.70. The maximum absolute atomic E-state index is 5.85. The smallest absolute Gasteiger partial charge is 0.123 e. The van der Waals surface area contributed by atoms with Crippen LogP contribution in [0.4, 0.5) is 0 Å². The van der Waals surface area contributed by atoms with Gasteiger partial charge in [-0.3, -0.25) is 0 Å². The number of rotatable bonds is 6. The molecule has 0 aliphatic carbocycles. The number of benzene rings is 1. The lowest BCUT2D eigenvalue weighted by Crippen LogP contribution is -2.41. The van der Waals surface area contributed by atoms with Gasteiger partial charge in [0, 0.05) is 18.2 Å². The Morgan fingerprint density at radius 3 is 2.50 bits per heavy atom. The summed E-state index contributed by atoms with van der Waals surface area (Å²) in [5.41, 5.74) is 0.116. The molecule has 3 nitrogen and oxygen atoms in total. The van der Waals surface area contributed by atoms with Gasteiger partial charge in [0.05, 0.1) is 6.61 Å². The molecule has 0 amide bonds. The highest BCUT2D eigenvalue weighted by atomic mass is 16.5. The molecule has 102 valence electrons. The molecule has 0 radical (unpaired) electrons. The molecule has 1 rings (SSSR count). The van der Waals surface area contributed by atoms with E-state index in [1.807, 2.05) is 31.2 Å². The van der Waals surface area contributed by atoms with Crippen LogP contribution in [0, 0.1) is 0 Å². The van der Waals surface area contributed by atoms with Crippen LogP contribution in [0.25, 0.3) is 0 Å². The maximum Gasteiger partial charge on any atom is 0.123 e. The Balaban J connectivity index is 2.48. The van der Waals surface area contributed by atoms with Crippen LogP contribution in [0.15, 0.2) is 24.3 Å².